The van der Waals surface area contributed by atoms with Gasteiger partial charge in [-0.3, -0.25) is 4.72 Å². The fourth-order valence-corrected chi connectivity index (χ4v) is 2.86. The van der Waals surface area contributed by atoms with Crippen LogP contribution in [0.15, 0.2) is 47.4 Å². The third-order valence-electron chi connectivity index (χ3n) is 2.67. The summed E-state index contributed by atoms with van der Waals surface area (Å²) in [6.45, 7) is 3.54. The summed E-state index contributed by atoms with van der Waals surface area (Å²) in [5.74, 6) is -0.587. The highest BCUT2D eigenvalue weighted by atomic mass is 32.2. The maximum absolute atomic E-state index is 13.6. The van der Waals surface area contributed by atoms with E-state index in [4.69, 9.17) is 0 Å². The normalized spacial score (nSPS) is 11.3. The predicted octanol–water partition coefficient (Wildman–Crippen LogP) is 3.24. The Morgan fingerprint density at radius 3 is 2.32 bits per heavy atom. The first-order valence-corrected chi connectivity index (χ1v) is 7.22. The van der Waals surface area contributed by atoms with Crippen LogP contribution in [-0.2, 0) is 10.0 Å². The Morgan fingerprint density at radius 1 is 1.00 bits per heavy atom. The SMILES string of the molecule is Cc1cccc(S(=O)(=O)Nc2ccc(C)cc2F)c1. The lowest BCUT2D eigenvalue weighted by Gasteiger charge is -2.09. The van der Waals surface area contributed by atoms with E-state index in [1.807, 2.05) is 0 Å². The standard InChI is InChI=1S/C14H14FNO2S/c1-10-4-3-5-12(8-10)19(17,18)16-14-7-6-11(2)9-13(14)15/h3-9,16H,1-2H3. The Bertz CT molecular complexity index is 711. The molecule has 100 valence electrons. The molecular weight excluding hydrogens is 265 g/mol. The number of hydrogen-bond donors (Lipinski definition) is 1. The fraction of sp³-hybridized carbons (Fsp3) is 0.143. The molecule has 0 atom stereocenters. The van der Waals surface area contributed by atoms with E-state index in [0.717, 1.165) is 11.1 Å². The van der Waals surface area contributed by atoms with Gasteiger partial charge in [-0.05, 0) is 49.2 Å². The molecule has 0 amide bonds. The van der Waals surface area contributed by atoms with Crippen molar-refractivity contribution in [2.45, 2.75) is 18.7 Å². The Hall–Kier alpha value is -1.88. The van der Waals surface area contributed by atoms with E-state index in [2.05, 4.69) is 4.72 Å². The summed E-state index contributed by atoms with van der Waals surface area (Å²) < 4.78 is 40.1. The summed E-state index contributed by atoms with van der Waals surface area (Å²) in [4.78, 5) is 0.118. The minimum absolute atomic E-state index is 0.0490. The van der Waals surface area contributed by atoms with Crippen LogP contribution in [0, 0.1) is 19.7 Å². The van der Waals surface area contributed by atoms with Crippen molar-refractivity contribution in [3.63, 3.8) is 0 Å². The van der Waals surface area contributed by atoms with Crippen molar-refractivity contribution in [1.82, 2.24) is 0 Å². The fourth-order valence-electron chi connectivity index (χ4n) is 1.69. The molecule has 0 unspecified atom stereocenters. The second-order valence-corrected chi connectivity index (χ2v) is 6.09. The number of hydrogen-bond acceptors (Lipinski definition) is 2. The van der Waals surface area contributed by atoms with Gasteiger partial charge in [-0.25, -0.2) is 12.8 Å². The van der Waals surface area contributed by atoms with Crippen molar-refractivity contribution >= 4 is 15.7 Å². The molecule has 0 aliphatic heterocycles. The van der Waals surface area contributed by atoms with Crippen LogP contribution in [0.25, 0.3) is 0 Å². The third kappa shape index (κ3) is 3.12. The zero-order valence-electron chi connectivity index (χ0n) is 10.6. The second kappa shape index (κ2) is 5.01. The van der Waals surface area contributed by atoms with Crippen molar-refractivity contribution in [3.05, 3.63) is 59.4 Å². The zero-order chi connectivity index (χ0) is 14.0. The summed E-state index contributed by atoms with van der Waals surface area (Å²) in [7, 11) is -3.76. The molecule has 2 aromatic carbocycles. The molecule has 19 heavy (non-hydrogen) atoms. The zero-order valence-corrected chi connectivity index (χ0v) is 11.5. The molecule has 2 rings (SSSR count). The van der Waals surface area contributed by atoms with Gasteiger partial charge in [0.25, 0.3) is 10.0 Å². The van der Waals surface area contributed by atoms with Gasteiger partial charge in [-0.2, -0.15) is 0 Å². The van der Waals surface area contributed by atoms with E-state index < -0.39 is 15.8 Å². The minimum atomic E-state index is -3.76. The van der Waals surface area contributed by atoms with Gasteiger partial charge in [0, 0.05) is 0 Å². The first kappa shape index (κ1) is 13.5. The lowest BCUT2D eigenvalue weighted by molar-refractivity contribution is 0.598. The van der Waals surface area contributed by atoms with Gasteiger partial charge in [0.05, 0.1) is 10.6 Å². The molecule has 0 aliphatic rings. The summed E-state index contributed by atoms with van der Waals surface area (Å²) in [6, 6.07) is 10.8. The molecule has 0 radical (unpaired) electrons. The van der Waals surface area contributed by atoms with Crippen LogP contribution in [0.3, 0.4) is 0 Å². The third-order valence-corrected chi connectivity index (χ3v) is 4.03. The number of anilines is 1. The molecule has 0 saturated carbocycles. The molecule has 0 spiro atoms. The highest BCUT2D eigenvalue weighted by Crippen LogP contribution is 2.20. The molecule has 2 aromatic rings. The van der Waals surface area contributed by atoms with Crippen LogP contribution in [-0.4, -0.2) is 8.42 Å². The summed E-state index contributed by atoms with van der Waals surface area (Å²) in [5.41, 5.74) is 1.51. The lowest BCUT2D eigenvalue weighted by atomic mass is 10.2. The highest BCUT2D eigenvalue weighted by molar-refractivity contribution is 7.92. The number of nitrogens with one attached hydrogen (secondary N) is 1. The maximum atomic E-state index is 13.6. The summed E-state index contributed by atoms with van der Waals surface area (Å²) in [6.07, 6.45) is 0. The smallest absolute Gasteiger partial charge is 0.261 e. The predicted molar refractivity (Wildman–Crippen MR) is 73.1 cm³/mol. The van der Waals surface area contributed by atoms with Crippen LogP contribution in [0.1, 0.15) is 11.1 Å². The van der Waals surface area contributed by atoms with Gasteiger partial charge in [0.15, 0.2) is 0 Å². The number of sulfonamides is 1. The van der Waals surface area contributed by atoms with E-state index in [1.165, 1.54) is 24.3 Å². The van der Waals surface area contributed by atoms with Gasteiger partial charge >= 0.3 is 0 Å². The number of rotatable bonds is 3. The van der Waals surface area contributed by atoms with Crippen molar-refractivity contribution in [2.24, 2.45) is 0 Å². The molecular formula is C14H14FNO2S. The van der Waals surface area contributed by atoms with Crippen molar-refractivity contribution < 1.29 is 12.8 Å². The molecule has 1 N–H and O–H groups in total. The Labute approximate surface area is 112 Å². The monoisotopic (exact) mass is 279 g/mol. The largest absolute Gasteiger partial charge is 0.277 e. The van der Waals surface area contributed by atoms with E-state index in [-0.39, 0.29) is 10.6 Å². The summed E-state index contributed by atoms with van der Waals surface area (Å²) >= 11 is 0. The second-order valence-electron chi connectivity index (χ2n) is 4.41. The average molecular weight is 279 g/mol. The van der Waals surface area contributed by atoms with Gasteiger partial charge in [-0.1, -0.05) is 18.2 Å². The molecule has 0 heterocycles. The Kier molecular flexibility index (Phi) is 3.57. The number of aryl methyl sites for hydroxylation is 2. The first-order chi connectivity index (χ1) is 8.88. The van der Waals surface area contributed by atoms with Crippen molar-refractivity contribution in [2.75, 3.05) is 4.72 Å². The van der Waals surface area contributed by atoms with E-state index in [0.29, 0.717) is 0 Å². The van der Waals surface area contributed by atoms with E-state index in [9.17, 15) is 12.8 Å². The van der Waals surface area contributed by atoms with Crippen molar-refractivity contribution in [1.29, 1.82) is 0 Å². The van der Waals surface area contributed by atoms with E-state index >= 15 is 0 Å². The van der Waals surface area contributed by atoms with Gasteiger partial charge in [0.2, 0.25) is 0 Å². The van der Waals surface area contributed by atoms with Gasteiger partial charge in [-0.15, -0.1) is 0 Å². The molecule has 0 saturated heterocycles. The Morgan fingerprint density at radius 2 is 1.68 bits per heavy atom. The number of halogens is 1. The van der Waals surface area contributed by atoms with E-state index in [1.54, 1.807) is 32.0 Å². The topological polar surface area (TPSA) is 46.2 Å². The first-order valence-electron chi connectivity index (χ1n) is 5.74. The minimum Gasteiger partial charge on any atom is -0.277 e. The van der Waals surface area contributed by atoms with Crippen LogP contribution >= 0.6 is 0 Å². The maximum Gasteiger partial charge on any atom is 0.261 e. The molecule has 0 aromatic heterocycles. The summed E-state index contributed by atoms with van der Waals surface area (Å²) in [5, 5.41) is 0. The highest BCUT2D eigenvalue weighted by Gasteiger charge is 2.16. The Balaban J connectivity index is 2.36. The molecule has 3 nitrogen and oxygen atoms in total. The van der Waals surface area contributed by atoms with Gasteiger partial charge < -0.3 is 0 Å². The molecule has 0 fully saturated rings. The van der Waals surface area contributed by atoms with Crippen LogP contribution in [0.4, 0.5) is 10.1 Å². The van der Waals surface area contributed by atoms with Gasteiger partial charge in [0.1, 0.15) is 5.82 Å². The van der Waals surface area contributed by atoms with Crippen molar-refractivity contribution in [3.8, 4) is 0 Å². The molecule has 0 bridgehead atoms. The van der Waals surface area contributed by atoms with Crippen LogP contribution < -0.4 is 4.72 Å². The lowest BCUT2D eigenvalue weighted by Crippen LogP contribution is -2.14. The number of benzene rings is 2. The molecule has 0 aliphatic carbocycles. The van der Waals surface area contributed by atoms with Crippen LogP contribution in [0.2, 0.25) is 0 Å². The molecule has 5 heteroatoms. The van der Waals surface area contributed by atoms with Crippen LogP contribution in [0.5, 0.6) is 0 Å². The quantitative estimate of drug-likeness (QED) is 0.937. The average Bonchev–Trinajstić information content (AvgIpc) is 2.33.